The van der Waals surface area contributed by atoms with Gasteiger partial charge in [-0.1, -0.05) is 31.2 Å². The number of aliphatic hydroxyl groups is 1. The number of aliphatic hydroxyl groups excluding tert-OH is 1. The van der Waals surface area contributed by atoms with E-state index in [1.54, 1.807) is 0 Å². The smallest absolute Gasteiger partial charge is 0.416 e. The fourth-order valence-electron chi connectivity index (χ4n) is 3.00. The maximum Gasteiger partial charge on any atom is 0.416 e. The first kappa shape index (κ1) is 24.7. The van der Waals surface area contributed by atoms with Gasteiger partial charge in [0.1, 0.15) is 5.75 Å². The van der Waals surface area contributed by atoms with Gasteiger partial charge in [-0.25, -0.2) is 0 Å². The number of esters is 1. The fourth-order valence-corrected chi connectivity index (χ4v) is 3.00. The molecule has 2 N–H and O–H groups in total. The van der Waals surface area contributed by atoms with Gasteiger partial charge in [0.2, 0.25) is 0 Å². The Morgan fingerprint density at radius 1 is 1.10 bits per heavy atom. The highest BCUT2D eigenvalue weighted by Crippen LogP contribution is 2.30. The van der Waals surface area contributed by atoms with Crippen molar-refractivity contribution in [2.45, 2.75) is 38.0 Å². The first-order chi connectivity index (χ1) is 14.7. The second-order valence-corrected chi connectivity index (χ2v) is 7.30. The summed E-state index contributed by atoms with van der Waals surface area (Å²) in [5, 5.41) is 13.3. The van der Waals surface area contributed by atoms with Crippen LogP contribution in [0.2, 0.25) is 0 Å². The summed E-state index contributed by atoms with van der Waals surface area (Å²) in [6.45, 7) is 3.12. The topological polar surface area (TPSA) is 67.8 Å². The van der Waals surface area contributed by atoms with E-state index < -0.39 is 17.8 Å². The molecule has 2 unspecified atom stereocenters. The van der Waals surface area contributed by atoms with E-state index >= 15 is 0 Å². The van der Waals surface area contributed by atoms with Crippen molar-refractivity contribution in [3.8, 4) is 5.75 Å². The van der Waals surface area contributed by atoms with Gasteiger partial charge in [0.05, 0.1) is 25.4 Å². The second-order valence-electron chi connectivity index (χ2n) is 7.30. The van der Waals surface area contributed by atoms with Crippen molar-refractivity contribution in [2.24, 2.45) is 0 Å². The number of benzene rings is 2. The van der Waals surface area contributed by atoms with E-state index in [-0.39, 0.29) is 24.0 Å². The number of ether oxygens (including phenoxy) is 2. The van der Waals surface area contributed by atoms with Crippen molar-refractivity contribution in [3.63, 3.8) is 0 Å². The lowest BCUT2D eigenvalue weighted by Crippen LogP contribution is -2.25. The number of halogens is 3. The van der Waals surface area contributed by atoms with Gasteiger partial charge in [0.25, 0.3) is 0 Å². The SMILES string of the molecule is COC(=O)CCCOc1ccc(C(C)CNCC(O)c2cccc(C(F)(F)F)c2)cc1. The number of carbonyl (C=O) groups excluding carboxylic acids is 1. The van der Waals surface area contributed by atoms with Gasteiger partial charge < -0.3 is 19.9 Å². The van der Waals surface area contributed by atoms with E-state index in [0.717, 1.165) is 17.7 Å². The maximum absolute atomic E-state index is 12.8. The minimum atomic E-state index is -4.44. The molecule has 5 nitrogen and oxygen atoms in total. The molecule has 0 heterocycles. The van der Waals surface area contributed by atoms with Gasteiger partial charge in [0, 0.05) is 19.5 Å². The predicted octanol–water partition coefficient (Wildman–Crippen LogP) is 4.46. The Labute approximate surface area is 180 Å². The van der Waals surface area contributed by atoms with Crippen LogP contribution >= 0.6 is 0 Å². The molecule has 0 aliphatic heterocycles. The zero-order valence-electron chi connectivity index (χ0n) is 17.6. The Kier molecular flexibility index (Phi) is 9.33. The lowest BCUT2D eigenvalue weighted by molar-refractivity contribution is -0.141. The van der Waals surface area contributed by atoms with E-state index in [1.807, 2.05) is 31.2 Å². The molecule has 0 saturated heterocycles. The maximum atomic E-state index is 12.8. The highest BCUT2D eigenvalue weighted by molar-refractivity contribution is 5.69. The monoisotopic (exact) mass is 439 g/mol. The normalized spacial score (nSPS) is 13.5. The Hall–Kier alpha value is -2.58. The predicted molar refractivity (Wildman–Crippen MR) is 111 cm³/mol. The summed E-state index contributed by atoms with van der Waals surface area (Å²) in [7, 11) is 1.35. The Balaban J connectivity index is 1.77. The molecular weight excluding hydrogens is 411 g/mol. The quantitative estimate of drug-likeness (QED) is 0.400. The highest BCUT2D eigenvalue weighted by Gasteiger charge is 2.30. The fraction of sp³-hybridized carbons (Fsp3) is 0.435. The van der Waals surface area contributed by atoms with Crippen LogP contribution in [0.25, 0.3) is 0 Å². The van der Waals surface area contributed by atoms with E-state index in [1.165, 1.54) is 19.2 Å². The van der Waals surface area contributed by atoms with Crippen molar-refractivity contribution in [3.05, 3.63) is 65.2 Å². The molecule has 0 aliphatic carbocycles. The summed E-state index contributed by atoms with van der Waals surface area (Å²) in [6.07, 6.45) is -4.59. The molecule has 31 heavy (non-hydrogen) atoms. The van der Waals surface area contributed by atoms with Crippen molar-refractivity contribution >= 4 is 5.97 Å². The summed E-state index contributed by atoms with van der Waals surface area (Å²) in [5.41, 5.74) is 0.511. The molecule has 8 heteroatoms. The average Bonchev–Trinajstić information content (AvgIpc) is 2.76. The van der Waals surface area contributed by atoms with Crippen LogP contribution in [-0.2, 0) is 15.7 Å². The third kappa shape index (κ3) is 8.22. The molecule has 2 atom stereocenters. The zero-order valence-corrected chi connectivity index (χ0v) is 17.6. The highest BCUT2D eigenvalue weighted by atomic mass is 19.4. The first-order valence-electron chi connectivity index (χ1n) is 10.1. The number of carbonyl (C=O) groups is 1. The molecule has 0 aromatic heterocycles. The van der Waals surface area contributed by atoms with Crippen LogP contribution in [0.1, 0.15) is 48.5 Å². The first-order valence-corrected chi connectivity index (χ1v) is 10.1. The molecule has 0 radical (unpaired) electrons. The number of hydrogen-bond acceptors (Lipinski definition) is 5. The van der Waals surface area contributed by atoms with Gasteiger partial charge in [-0.3, -0.25) is 4.79 Å². The summed E-state index contributed by atoms with van der Waals surface area (Å²) in [5.74, 6) is 0.564. The molecule has 0 fully saturated rings. The third-order valence-corrected chi connectivity index (χ3v) is 4.86. The van der Waals surface area contributed by atoms with E-state index in [4.69, 9.17) is 4.74 Å². The van der Waals surface area contributed by atoms with Crippen LogP contribution in [-0.4, -0.2) is 37.9 Å². The lowest BCUT2D eigenvalue weighted by Gasteiger charge is -2.17. The van der Waals surface area contributed by atoms with Crippen molar-refractivity contribution in [1.29, 1.82) is 0 Å². The van der Waals surface area contributed by atoms with Gasteiger partial charge in [-0.15, -0.1) is 0 Å². The number of hydrogen-bond donors (Lipinski definition) is 2. The molecule has 170 valence electrons. The number of rotatable bonds is 11. The van der Waals surface area contributed by atoms with Gasteiger partial charge in [0.15, 0.2) is 0 Å². The van der Waals surface area contributed by atoms with Gasteiger partial charge >= 0.3 is 12.1 Å². The van der Waals surface area contributed by atoms with Gasteiger partial charge in [-0.2, -0.15) is 13.2 Å². The molecule has 0 spiro atoms. The summed E-state index contributed by atoms with van der Waals surface area (Å²) in [6, 6.07) is 12.3. The van der Waals surface area contributed by atoms with E-state index in [9.17, 15) is 23.1 Å². The van der Waals surface area contributed by atoms with Crippen LogP contribution < -0.4 is 10.1 Å². The molecule has 2 aromatic rings. The van der Waals surface area contributed by atoms with Crippen LogP contribution in [0.15, 0.2) is 48.5 Å². The molecule has 0 saturated carbocycles. The number of alkyl halides is 3. The Morgan fingerprint density at radius 3 is 2.45 bits per heavy atom. The van der Waals surface area contributed by atoms with Crippen molar-refractivity contribution in [2.75, 3.05) is 26.8 Å². The van der Waals surface area contributed by atoms with Crippen LogP contribution in [0.4, 0.5) is 13.2 Å². The zero-order chi connectivity index (χ0) is 22.9. The molecule has 0 bridgehead atoms. The second kappa shape index (κ2) is 11.7. The summed E-state index contributed by atoms with van der Waals surface area (Å²) >= 11 is 0. The van der Waals surface area contributed by atoms with Crippen molar-refractivity contribution in [1.82, 2.24) is 5.32 Å². The molecule has 0 aliphatic rings. The number of methoxy groups -OCH3 is 1. The van der Waals surface area contributed by atoms with E-state index in [2.05, 4.69) is 10.1 Å². The third-order valence-electron chi connectivity index (χ3n) is 4.86. The minimum Gasteiger partial charge on any atom is -0.494 e. The van der Waals surface area contributed by atoms with Gasteiger partial charge in [-0.05, 0) is 47.7 Å². The largest absolute Gasteiger partial charge is 0.494 e. The van der Waals surface area contributed by atoms with Crippen molar-refractivity contribution < 1.29 is 32.5 Å². The Morgan fingerprint density at radius 2 is 1.81 bits per heavy atom. The molecule has 2 rings (SSSR count). The average molecular weight is 439 g/mol. The number of nitrogens with one attached hydrogen (secondary N) is 1. The Bertz CT molecular complexity index is 824. The molecule has 0 amide bonds. The van der Waals surface area contributed by atoms with Crippen LogP contribution in [0, 0.1) is 0 Å². The summed E-state index contributed by atoms with van der Waals surface area (Å²) in [4.78, 5) is 11.1. The lowest BCUT2D eigenvalue weighted by atomic mass is 10.0. The van der Waals surface area contributed by atoms with Crippen LogP contribution in [0.3, 0.4) is 0 Å². The van der Waals surface area contributed by atoms with E-state index in [0.29, 0.717) is 31.7 Å². The molecule has 2 aromatic carbocycles. The molecular formula is C23H28F3NO4. The minimum absolute atomic E-state index is 0.127. The van der Waals surface area contributed by atoms with Crippen LogP contribution in [0.5, 0.6) is 5.75 Å². The summed E-state index contributed by atoms with van der Waals surface area (Å²) < 4.78 is 48.6. The standard InChI is InChI=1S/C23H28F3NO4/c1-16(17-8-10-20(11-9-17)31-12-4-7-22(29)30-2)14-27-15-21(28)18-5-3-6-19(13-18)23(24,25)26/h3,5-6,8-11,13,16,21,27-28H,4,7,12,14-15H2,1-2H3.